The Balaban J connectivity index is 1.52. The first kappa shape index (κ1) is 20.9. The number of aromatic amines is 2. The van der Waals surface area contributed by atoms with Crippen LogP contribution in [0.1, 0.15) is 11.1 Å². The topological polar surface area (TPSA) is 98.2 Å². The quantitative estimate of drug-likeness (QED) is 0.271. The average Bonchev–Trinajstić information content (AvgIpc) is 3.43. The molecular weight excluding hydrogens is 434 g/mol. The molecule has 0 spiro atoms. The minimum absolute atomic E-state index is 0.0932. The van der Waals surface area contributed by atoms with E-state index in [1.54, 1.807) is 35.7 Å². The third-order valence-electron chi connectivity index (χ3n) is 5.70. The molecule has 2 aromatic carbocycles. The highest BCUT2D eigenvalue weighted by molar-refractivity contribution is 7.17. The molecule has 5 rings (SSSR count). The molecule has 33 heavy (non-hydrogen) atoms. The summed E-state index contributed by atoms with van der Waals surface area (Å²) >= 11 is 1.68. The summed E-state index contributed by atoms with van der Waals surface area (Å²) in [5, 5.41) is 16.7. The van der Waals surface area contributed by atoms with E-state index in [1.165, 1.54) is 10.1 Å². The number of thiophene rings is 1. The Labute approximate surface area is 193 Å². The number of nitrogens with zero attached hydrogens (tertiary/aromatic N) is 2. The highest BCUT2D eigenvalue weighted by Crippen LogP contribution is 2.30. The van der Waals surface area contributed by atoms with Crippen LogP contribution in [0.25, 0.3) is 37.4 Å². The second-order valence-corrected chi connectivity index (χ2v) is 8.85. The molecular formula is C25H21N5O2S. The summed E-state index contributed by atoms with van der Waals surface area (Å²) in [5.74, 6) is 0.414. The van der Waals surface area contributed by atoms with Gasteiger partial charge < -0.3 is 20.4 Å². The molecule has 164 valence electrons. The summed E-state index contributed by atoms with van der Waals surface area (Å²) in [6.07, 6.45) is 2.19. The third-order valence-corrected chi connectivity index (χ3v) is 6.71. The van der Waals surface area contributed by atoms with Gasteiger partial charge in [-0.25, -0.2) is 9.83 Å². The smallest absolute Gasteiger partial charge is 0.261 e. The predicted octanol–water partition coefficient (Wildman–Crippen LogP) is 5.01. The van der Waals surface area contributed by atoms with Crippen LogP contribution in [0.4, 0.5) is 11.4 Å². The van der Waals surface area contributed by atoms with Crippen molar-refractivity contribution >= 4 is 43.8 Å². The normalized spacial score (nSPS) is 12.2. The summed E-state index contributed by atoms with van der Waals surface area (Å²) in [4.78, 5) is 26.9. The van der Waals surface area contributed by atoms with Crippen molar-refractivity contribution in [1.29, 1.82) is 0 Å². The minimum atomic E-state index is -0.292. The van der Waals surface area contributed by atoms with Crippen LogP contribution in [0.2, 0.25) is 0 Å². The maximum atomic E-state index is 12.8. The number of hydrogen-bond donors (Lipinski definition) is 4. The van der Waals surface area contributed by atoms with Crippen LogP contribution in [-0.4, -0.2) is 32.7 Å². The van der Waals surface area contributed by atoms with Gasteiger partial charge in [0.15, 0.2) is 5.69 Å². The number of imidazole rings is 1. The Morgan fingerprint density at radius 3 is 2.94 bits per heavy atom. The first-order chi connectivity index (χ1) is 16.1. The van der Waals surface area contributed by atoms with Gasteiger partial charge in [0.05, 0.1) is 35.9 Å². The molecule has 4 N–H and O–H groups in total. The lowest BCUT2D eigenvalue weighted by Crippen LogP contribution is -2.27. The SMILES string of the molecule is [C-]#[N+]c1cc(C)c2nc(-c3c(N[C@H](CO)Cc4csc5ccccc45)cc[nH]c3=O)[nH]c2c1. The molecule has 0 unspecified atom stereocenters. The first-order valence-electron chi connectivity index (χ1n) is 10.5. The summed E-state index contributed by atoms with van der Waals surface area (Å²) in [5.41, 5.74) is 4.60. The van der Waals surface area contributed by atoms with Gasteiger partial charge in [0.1, 0.15) is 11.4 Å². The second-order valence-electron chi connectivity index (χ2n) is 7.94. The number of aryl methyl sites for hydroxylation is 1. The fourth-order valence-corrected chi connectivity index (χ4v) is 5.10. The van der Waals surface area contributed by atoms with Crippen LogP contribution in [0.3, 0.4) is 0 Å². The van der Waals surface area contributed by atoms with Crippen molar-refractivity contribution in [3.8, 4) is 11.4 Å². The van der Waals surface area contributed by atoms with Gasteiger partial charge in [0.25, 0.3) is 5.56 Å². The summed E-state index contributed by atoms with van der Waals surface area (Å²) in [6.45, 7) is 9.09. The highest BCUT2D eigenvalue weighted by Gasteiger charge is 2.19. The van der Waals surface area contributed by atoms with Crippen molar-refractivity contribution < 1.29 is 5.11 Å². The van der Waals surface area contributed by atoms with Crippen LogP contribution >= 0.6 is 11.3 Å². The number of hydrogen-bond acceptors (Lipinski definition) is 5. The molecule has 0 aliphatic carbocycles. The van der Waals surface area contributed by atoms with Gasteiger partial charge in [0, 0.05) is 10.9 Å². The minimum Gasteiger partial charge on any atom is -0.394 e. The molecule has 0 aliphatic rings. The molecule has 8 heteroatoms. The molecule has 0 fully saturated rings. The molecule has 0 aliphatic heterocycles. The number of fused-ring (bicyclic) bond motifs is 2. The van der Waals surface area contributed by atoms with E-state index in [1.807, 2.05) is 19.1 Å². The lowest BCUT2D eigenvalue weighted by Gasteiger charge is -2.19. The van der Waals surface area contributed by atoms with E-state index in [0.29, 0.717) is 34.7 Å². The van der Waals surface area contributed by atoms with Crippen molar-refractivity contribution in [2.45, 2.75) is 19.4 Å². The van der Waals surface area contributed by atoms with Crippen molar-refractivity contribution in [3.05, 3.63) is 86.9 Å². The van der Waals surface area contributed by atoms with Gasteiger partial charge in [0.2, 0.25) is 0 Å². The Kier molecular flexibility index (Phi) is 5.42. The fraction of sp³-hybridized carbons (Fsp3) is 0.160. The van der Waals surface area contributed by atoms with Crippen LogP contribution in [0.15, 0.2) is 58.8 Å². The zero-order valence-corrected chi connectivity index (χ0v) is 18.7. The number of rotatable bonds is 6. The van der Waals surface area contributed by atoms with Gasteiger partial charge in [-0.05, 0) is 53.4 Å². The van der Waals surface area contributed by atoms with Gasteiger partial charge >= 0.3 is 0 Å². The van der Waals surface area contributed by atoms with Crippen molar-refractivity contribution in [3.63, 3.8) is 0 Å². The van der Waals surface area contributed by atoms with Crippen molar-refractivity contribution in [1.82, 2.24) is 15.0 Å². The molecule has 0 bridgehead atoms. The van der Waals surface area contributed by atoms with Crippen LogP contribution in [0, 0.1) is 13.5 Å². The number of pyridine rings is 1. The Hall–Kier alpha value is -3.93. The van der Waals surface area contributed by atoms with E-state index >= 15 is 0 Å². The monoisotopic (exact) mass is 455 g/mol. The van der Waals surface area contributed by atoms with E-state index in [-0.39, 0.29) is 18.2 Å². The number of H-pyrrole nitrogens is 2. The highest BCUT2D eigenvalue weighted by atomic mass is 32.1. The standard InChI is InChI=1S/C25H21N5O2S/c1-14-9-16(26-2)11-20-23(14)30-24(29-20)22-19(7-8-27-25(22)32)28-17(12-31)10-15-13-33-21-6-4-3-5-18(15)21/h3-9,11,13,17,31H,10,12H2,1H3,(H,29,30)(H2,27,28,32)/t17-/m0/s1. The van der Waals surface area contributed by atoms with E-state index in [9.17, 15) is 9.90 Å². The maximum Gasteiger partial charge on any atom is 0.261 e. The van der Waals surface area contributed by atoms with Crippen LogP contribution in [-0.2, 0) is 6.42 Å². The van der Waals surface area contributed by atoms with Gasteiger partial charge in [-0.1, -0.05) is 24.3 Å². The Morgan fingerprint density at radius 1 is 1.27 bits per heavy atom. The van der Waals surface area contributed by atoms with E-state index in [4.69, 9.17) is 6.57 Å². The third kappa shape index (κ3) is 3.89. The lowest BCUT2D eigenvalue weighted by atomic mass is 10.0. The lowest BCUT2D eigenvalue weighted by molar-refractivity contribution is 0.274. The molecule has 3 heterocycles. The van der Waals surface area contributed by atoms with Gasteiger partial charge in [-0.15, -0.1) is 11.3 Å². The number of aliphatic hydroxyl groups is 1. The number of aromatic nitrogens is 3. The molecule has 5 aromatic rings. The van der Waals surface area contributed by atoms with Crippen molar-refractivity contribution in [2.75, 3.05) is 11.9 Å². The first-order valence-corrected chi connectivity index (χ1v) is 11.4. The summed E-state index contributed by atoms with van der Waals surface area (Å²) in [6, 6.07) is 13.2. The summed E-state index contributed by atoms with van der Waals surface area (Å²) < 4.78 is 1.21. The predicted molar refractivity (Wildman–Crippen MR) is 133 cm³/mol. The zero-order chi connectivity index (χ0) is 22.9. The second kappa shape index (κ2) is 8.54. The van der Waals surface area contributed by atoms with Crippen LogP contribution in [0.5, 0.6) is 0 Å². The van der Waals surface area contributed by atoms with Crippen molar-refractivity contribution in [2.24, 2.45) is 0 Å². The van der Waals surface area contributed by atoms with Gasteiger partial charge in [-0.3, -0.25) is 4.79 Å². The Bertz CT molecular complexity index is 1570. The largest absolute Gasteiger partial charge is 0.394 e. The molecule has 0 amide bonds. The maximum absolute atomic E-state index is 12.8. The average molecular weight is 456 g/mol. The summed E-state index contributed by atoms with van der Waals surface area (Å²) in [7, 11) is 0. The van der Waals surface area contributed by atoms with Crippen LogP contribution < -0.4 is 10.9 Å². The number of anilines is 1. The number of aliphatic hydroxyl groups excluding tert-OH is 1. The number of benzene rings is 2. The zero-order valence-electron chi connectivity index (χ0n) is 17.8. The fourth-order valence-electron chi connectivity index (χ4n) is 4.13. The van der Waals surface area contributed by atoms with E-state index in [2.05, 4.69) is 42.6 Å². The molecule has 1 atom stereocenters. The molecule has 0 radical (unpaired) electrons. The number of nitrogens with one attached hydrogen (secondary N) is 3. The van der Waals surface area contributed by atoms with Gasteiger partial charge in [-0.2, -0.15) is 0 Å². The van der Waals surface area contributed by atoms with E-state index in [0.717, 1.165) is 16.6 Å². The van der Waals surface area contributed by atoms with E-state index < -0.39 is 0 Å². The molecule has 0 saturated carbocycles. The molecule has 7 nitrogen and oxygen atoms in total. The molecule has 0 saturated heterocycles. The molecule has 3 aromatic heterocycles. The Morgan fingerprint density at radius 2 is 2.12 bits per heavy atom.